The zero-order valence-corrected chi connectivity index (χ0v) is 15.4. The Morgan fingerprint density at radius 3 is 1.73 bits per heavy atom. The molecule has 5 atom stereocenters. The molecule has 1 rings (SSSR count). The highest BCUT2D eigenvalue weighted by Crippen LogP contribution is 2.29. The third-order valence-corrected chi connectivity index (χ3v) is 3.28. The molecule has 26 heavy (non-hydrogen) atoms. The molecule has 0 unspecified atom stereocenters. The molecular weight excluding hydrogens is 352 g/mol. The van der Waals surface area contributed by atoms with Crippen molar-refractivity contribution in [3.05, 3.63) is 0 Å². The lowest BCUT2D eigenvalue weighted by atomic mass is 9.98. The van der Waals surface area contributed by atoms with E-state index in [2.05, 4.69) is 0 Å². The van der Waals surface area contributed by atoms with Gasteiger partial charge in [-0.1, -0.05) is 0 Å². The molecule has 0 spiro atoms. The van der Waals surface area contributed by atoms with Gasteiger partial charge in [-0.3, -0.25) is 19.2 Å². The van der Waals surface area contributed by atoms with Crippen molar-refractivity contribution in [1.82, 2.24) is 0 Å². The van der Waals surface area contributed by atoms with Crippen LogP contribution in [0.2, 0.25) is 0 Å². The van der Waals surface area contributed by atoms with E-state index in [-0.39, 0.29) is 13.2 Å². The van der Waals surface area contributed by atoms with Gasteiger partial charge in [-0.15, -0.1) is 0 Å². The maximum absolute atomic E-state index is 11.5. The number of carbonyl (C=O) groups excluding carboxylic acids is 4. The van der Waals surface area contributed by atoms with Crippen LogP contribution in [0.4, 0.5) is 0 Å². The Kier molecular flexibility index (Phi) is 8.46. The van der Waals surface area contributed by atoms with Crippen molar-refractivity contribution < 1.29 is 47.6 Å². The predicted octanol–water partition coefficient (Wildman–Crippen LogP) is 0.106. The van der Waals surface area contributed by atoms with Gasteiger partial charge in [0.15, 0.2) is 24.6 Å². The molecule has 0 radical (unpaired) electrons. The maximum atomic E-state index is 11.5. The van der Waals surface area contributed by atoms with Crippen molar-refractivity contribution in [2.24, 2.45) is 0 Å². The minimum absolute atomic E-state index is 0.202. The summed E-state index contributed by atoms with van der Waals surface area (Å²) in [5, 5.41) is 0. The fourth-order valence-corrected chi connectivity index (χ4v) is 2.49. The van der Waals surface area contributed by atoms with E-state index in [1.165, 1.54) is 13.8 Å². The predicted molar refractivity (Wildman–Crippen MR) is 83.6 cm³/mol. The van der Waals surface area contributed by atoms with Crippen molar-refractivity contribution in [2.45, 2.75) is 65.3 Å². The first-order valence-corrected chi connectivity index (χ1v) is 8.07. The first-order chi connectivity index (χ1) is 12.1. The van der Waals surface area contributed by atoms with Crippen molar-refractivity contribution in [2.75, 3.05) is 13.2 Å². The van der Waals surface area contributed by atoms with Gasteiger partial charge in [0.05, 0.1) is 0 Å². The Bertz CT molecular complexity index is 531. The van der Waals surface area contributed by atoms with Crippen molar-refractivity contribution >= 4 is 23.9 Å². The molecule has 0 aliphatic carbocycles. The second kappa shape index (κ2) is 10.1. The number of carbonyl (C=O) groups is 4. The van der Waals surface area contributed by atoms with Crippen molar-refractivity contribution in [3.8, 4) is 0 Å². The molecule has 1 aliphatic heterocycles. The van der Waals surface area contributed by atoms with Gasteiger partial charge in [-0.2, -0.15) is 0 Å². The van der Waals surface area contributed by atoms with E-state index >= 15 is 0 Å². The summed E-state index contributed by atoms with van der Waals surface area (Å²) in [5.74, 6) is -2.61. The lowest BCUT2D eigenvalue weighted by Crippen LogP contribution is -2.62. The summed E-state index contributed by atoms with van der Waals surface area (Å²) < 4.78 is 31.7. The van der Waals surface area contributed by atoms with Crippen LogP contribution in [0.15, 0.2) is 0 Å². The summed E-state index contributed by atoms with van der Waals surface area (Å²) in [6.45, 7) is 6.29. The number of hydrogen-bond donors (Lipinski definition) is 0. The smallest absolute Gasteiger partial charge is 0.303 e. The van der Waals surface area contributed by atoms with Crippen molar-refractivity contribution in [1.29, 1.82) is 0 Å². The third kappa shape index (κ3) is 6.60. The fraction of sp³-hybridized carbons (Fsp3) is 0.750. The number of hydrogen-bond acceptors (Lipinski definition) is 10. The first kappa shape index (κ1) is 21.8. The Morgan fingerprint density at radius 1 is 0.769 bits per heavy atom. The van der Waals surface area contributed by atoms with Crippen LogP contribution in [0.25, 0.3) is 0 Å². The highest BCUT2D eigenvalue weighted by Gasteiger charge is 2.52. The Balaban J connectivity index is 3.22. The van der Waals surface area contributed by atoms with Crippen LogP contribution in [0.5, 0.6) is 0 Å². The second-order valence-electron chi connectivity index (χ2n) is 5.52. The van der Waals surface area contributed by atoms with E-state index in [4.69, 9.17) is 28.4 Å². The summed E-state index contributed by atoms with van der Waals surface area (Å²) in [5.41, 5.74) is 0. The normalized spacial score (nSPS) is 28.0. The fourth-order valence-electron chi connectivity index (χ4n) is 2.49. The molecule has 1 heterocycles. The van der Waals surface area contributed by atoms with Crippen LogP contribution in [0, 0.1) is 0 Å². The molecule has 0 saturated carbocycles. The van der Waals surface area contributed by atoms with Crippen LogP contribution in [-0.2, 0) is 47.6 Å². The lowest BCUT2D eigenvalue weighted by molar-refractivity contribution is -0.307. The van der Waals surface area contributed by atoms with Crippen LogP contribution < -0.4 is 0 Å². The molecule has 0 N–H and O–H groups in total. The highest BCUT2D eigenvalue weighted by molar-refractivity contribution is 5.68. The summed E-state index contributed by atoms with van der Waals surface area (Å²) in [7, 11) is 0. The number of esters is 4. The Labute approximate surface area is 151 Å². The van der Waals surface area contributed by atoms with Gasteiger partial charge >= 0.3 is 23.9 Å². The lowest BCUT2D eigenvalue weighted by Gasteiger charge is -2.43. The van der Waals surface area contributed by atoms with Gasteiger partial charge in [0, 0.05) is 34.3 Å². The molecule has 0 aromatic rings. The van der Waals surface area contributed by atoms with Crippen LogP contribution in [0.1, 0.15) is 34.6 Å². The van der Waals surface area contributed by atoms with Crippen molar-refractivity contribution in [3.63, 3.8) is 0 Å². The molecule has 148 valence electrons. The first-order valence-electron chi connectivity index (χ1n) is 8.07. The molecule has 0 amide bonds. The third-order valence-electron chi connectivity index (χ3n) is 3.28. The minimum atomic E-state index is -1.20. The second-order valence-corrected chi connectivity index (χ2v) is 5.52. The zero-order valence-electron chi connectivity index (χ0n) is 15.4. The van der Waals surface area contributed by atoms with Gasteiger partial charge in [0.2, 0.25) is 0 Å². The van der Waals surface area contributed by atoms with E-state index in [9.17, 15) is 19.2 Å². The number of rotatable bonds is 7. The molecule has 0 aromatic heterocycles. The van der Waals surface area contributed by atoms with Gasteiger partial charge in [-0.05, 0) is 6.92 Å². The molecule has 1 saturated heterocycles. The van der Waals surface area contributed by atoms with E-state index in [0.29, 0.717) is 0 Å². The highest BCUT2D eigenvalue weighted by atomic mass is 16.7. The van der Waals surface area contributed by atoms with Crippen LogP contribution >= 0.6 is 0 Å². The van der Waals surface area contributed by atoms with E-state index in [1.807, 2.05) is 0 Å². The number of ether oxygens (including phenoxy) is 6. The summed E-state index contributed by atoms with van der Waals surface area (Å²) in [6.07, 6.45) is -5.65. The summed E-state index contributed by atoms with van der Waals surface area (Å²) in [6, 6.07) is 0. The maximum Gasteiger partial charge on any atom is 0.303 e. The monoisotopic (exact) mass is 376 g/mol. The standard InChI is InChI=1S/C16H24O10/c1-6-21-16-15(25-11(5)20)14(24-10(4)19)13(23-9(3)18)12(26-16)7-22-8(2)17/h12-16H,6-7H2,1-5H3/t12-,13+,14+,15-,16+/m1/s1. The van der Waals surface area contributed by atoms with E-state index in [1.54, 1.807) is 6.92 Å². The largest absolute Gasteiger partial charge is 0.463 e. The average Bonchev–Trinajstić information content (AvgIpc) is 2.50. The average molecular weight is 376 g/mol. The molecule has 10 heteroatoms. The van der Waals surface area contributed by atoms with Gasteiger partial charge in [-0.25, -0.2) is 0 Å². The Morgan fingerprint density at radius 2 is 1.27 bits per heavy atom. The summed E-state index contributed by atoms with van der Waals surface area (Å²) >= 11 is 0. The SMILES string of the molecule is CCO[C@H]1O[C@H](COC(C)=O)[C@H](OC(C)=O)[C@H](OC(C)=O)[C@H]1OC(C)=O. The molecule has 1 fully saturated rings. The van der Waals surface area contributed by atoms with Crippen LogP contribution in [0.3, 0.4) is 0 Å². The summed E-state index contributed by atoms with van der Waals surface area (Å²) in [4.78, 5) is 45.6. The minimum Gasteiger partial charge on any atom is -0.463 e. The molecular formula is C16H24O10. The van der Waals surface area contributed by atoms with Gasteiger partial charge < -0.3 is 28.4 Å². The quantitative estimate of drug-likeness (QED) is 0.446. The molecule has 0 bridgehead atoms. The van der Waals surface area contributed by atoms with Gasteiger partial charge in [0.25, 0.3) is 0 Å². The van der Waals surface area contributed by atoms with E-state index < -0.39 is 54.6 Å². The zero-order chi connectivity index (χ0) is 19.9. The molecule has 10 nitrogen and oxygen atoms in total. The topological polar surface area (TPSA) is 124 Å². The molecule has 0 aromatic carbocycles. The van der Waals surface area contributed by atoms with E-state index in [0.717, 1.165) is 13.8 Å². The Hall–Kier alpha value is -2.20. The molecule has 1 aliphatic rings. The van der Waals surface area contributed by atoms with Crippen LogP contribution in [-0.4, -0.2) is 67.8 Å². The van der Waals surface area contributed by atoms with Gasteiger partial charge in [0.1, 0.15) is 12.7 Å².